The van der Waals surface area contributed by atoms with Crippen LogP contribution in [0.15, 0.2) is 52.3 Å². The summed E-state index contributed by atoms with van der Waals surface area (Å²) in [4.78, 5) is -0.258. The summed E-state index contributed by atoms with van der Waals surface area (Å²) < 4.78 is 24.9. The first-order valence-corrected chi connectivity index (χ1v) is 7.50. The fourth-order valence-electron chi connectivity index (χ4n) is 1.89. The van der Waals surface area contributed by atoms with Gasteiger partial charge in [0.1, 0.15) is 4.90 Å². The van der Waals surface area contributed by atoms with Crippen LogP contribution in [0.5, 0.6) is 11.5 Å². The summed E-state index contributed by atoms with van der Waals surface area (Å²) in [6.45, 7) is 0.315. The molecule has 0 saturated carbocycles. The number of benzene rings is 2. The molecule has 0 aliphatic carbocycles. The molecule has 0 aliphatic heterocycles. The first-order chi connectivity index (χ1) is 9.46. The van der Waals surface area contributed by atoms with E-state index in [4.69, 9.17) is 5.73 Å². The highest BCUT2D eigenvalue weighted by Gasteiger charge is 2.24. The molecule has 0 amide bonds. The van der Waals surface area contributed by atoms with Crippen molar-refractivity contribution in [3.05, 3.63) is 48.0 Å². The van der Waals surface area contributed by atoms with E-state index in [9.17, 15) is 18.6 Å². The van der Waals surface area contributed by atoms with Crippen molar-refractivity contribution in [2.75, 3.05) is 6.54 Å². The van der Waals surface area contributed by atoms with Crippen molar-refractivity contribution in [1.29, 1.82) is 0 Å². The maximum absolute atomic E-state index is 12.5. The van der Waals surface area contributed by atoms with Crippen LogP contribution in [0.2, 0.25) is 0 Å². The molecule has 5 nitrogen and oxygen atoms in total. The minimum absolute atomic E-state index is 0.0552. The van der Waals surface area contributed by atoms with Crippen molar-refractivity contribution in [2.24, 2.45) is 5.73 Å². The average Bonchev–Trinajstić information content (AvgIpc) is 2.43. The fourth-order valence-corrected chi connectivity index (χ4v) is 3.33. The number of aromatic hydroxyl groups is 2. The molecule has 0 radical (unpaired) electrons. The van der Waals surface area contributed by atoms with Gasteiger partial charge in [-0.2, -0.15) is 0 Å². The zero-order valence-electron chi connectivity index (χ0n) is 10.7. The van der Waals surface area contributed by atoms with Crippen LogP contribution in [0.4, 0.5) is 0 Å². The number of hydrogen-bond donors (Lipinski definition) is 3. The molecular weight excluding hydrogens is 278 g/mol. The summed E-state index contributed by atoms with van der Waals surface area (Å²) in [5.41, 5.74) is 5.98. The van der Waals surface area contributed by atoms with E-state index in [1.807, 2.05) is 0 Å². The van der Waals surface area contributed by atoms with Gasteiger partial charge in [-0.3, -0.25) is 0 Å². The molecule has 0 aromatic heterocycles. The van der Waals surface area contributed by atoms with Gasteiger partial charge in [0.2, 0.25) is 9.84 Å². The molecule has 0 fully saturated rings. The third-order valence-electron chi connectivity index (χ3n) is 2.89. The van der Waals surface area contributed by atoms with Gasteiger partial charge in [-0.05, 0) is 42.8 Å². The van der Waals surface area contributed by atoms with Crippen molar-refractivity contribution in [1.82, 2.24) is 0 Å². The van der Waals surface area contributed by atoms with Gasteiger partial charge in [-0.25, -0.2) is 8.42 Å². The summed E-state index contributed by atoms with van der Waals surface area (Å²) in [5, 5.41) is 19.5. The second-order valence-electron chi connectivity index (χ2n) is 4.32. The van der Waals surface area contributed by atoms with Crippen LogP contribution in [0.1, 0.15) is 5.56 Å². The summed E-state index contributed by atoms with van der Waals surface area (Å²) in [6, 6.07) is 10.4. The van der Waals surface area contributed by atoms with Crippen molar-refractivity contribution in [3.63, 3.8) is 0 Å². The van der Waals surface area contributed by atoms with E-state index in [0.717, 1.165) is 0 Å². The lowest BCUT2D eigenvalue weighted by molar-refractivity contribution is 0.392. The van der Waals surface area contributed by atoms with Crippen molar-refractivity contribution < 1.29 is 18.6 Å². The number of hydrogen-bond acceptors (Lipinski definition) is 5. The van der Waals surface area contributed by atoms with Crippen LogP contribution in [0.3, 0.4) is 0 Å². The van der Waals surface area contributed by atoms with E-state index in [0.29, 0.717) is 18.5 Å². The molecule has 0 saturated heterocycles. The first kappa shape index (κ1) is 14.4. The molecule has 0 bridgehead atoms. The molecule has 4 N–H and O–H groups in total. The number of phenols is 2. The second-order valence-corrected chi connectivity index (χ2v) is 6.23. The minimum atomic E-state index is -3.88. The van der Waals surface area contributed by atoms with Crippen LogP contribution < -0.4 is 5.73 Å². The zero-order valence-corrected chi connectivity index (χ0v) is 11.5. The molecule has 0 heterocycles. The topological polar surface area (TPSA) is 101 Å². The summed E-state index contributed by atoms with van der Waals surface area (Å²) >= 11 is 0. The Labute approximate surface area is 117 Å². The van der Waals surface area contributed by atoms with E-state index in [-0.39, 0.29) is 9.79 Å². The monoisotopic (exact) mass is 293 g/mol. The molecule has 106 valence electrons. The van der Waals surface area contributed by atoms with Crippen LogP contribution in [-0.2, 0) is 16.3 Å². The predicted molar refractivity (Wildman–Crippen MR) is 74.4 cm³/mol. The molecule has 0 atom stereocenters. The molecule has 2 rings (SSSR count). The van der Waals surface area contributed by atoms with Crippen LogP contribution in [0.25, 0.3) is 0 Å². The van der Waals surface area contributed by atoms with E-state index >= 15 is 0 Å². The van der Waals surface area contributed by atoms with Crippen LogP contribution >= 0.6 is 0 Å². The number of nitrogens with two attached hydrogens (primary N) is 1. The normalized spacial score (nSPS) is 11.4. The number of rotatable bonds is 4. The quantitative estimate of drug-likeness (QED) is 0.740. The standard InChI is InChI=1S/C14H15NO4S/c15-7-6-10-8-12(16)14(17)13(9-10)20(18,19)11-4-2-1-3-5-11/h1-5,8-9,16-17H,6-7,15H2. The molecule has 0 spiro atoms. The van der Waals surface area contributed by atoms with Crippen LogP contribution in [-0.4, -0.2) is 25.2 Å². The lowest BCUT2D eigenvalue weighted by Crippen LogP contribution is -2.06. The highest BCUT2D eigenvalue weighted by Crippen LogP contribution is 2.36. The number of sulfone groups is 1. The highest BCUT2D eigenvalue weighted by molar-refractivity contribution is 7.91. The molecule has 2 aromatic rings. The fraction of sp³-hybridized carbons (Fsp3) is 0.143. The van der Waals surface area contributed by atoms with E-state index in [2.05, 4.69) is 0 Å². The summed E-state index contributed by atoms with van der Waals surface area (Å²) in [7, 11) is -3.88. The molecule has 6 heteroatoms. The maximum atomic E-state index is 12.5. The molecule has 2 aromatic carbocycles. The third-order valence-corrected chi connectivity index (χ3v) is 4.67. The van der Waals surface area contributed by atoms with Gasteiger partial charge in [0.05, 0.1) is 4.90 Å². The highest BCUT2D eigenvalue weighted by atomic mass is 32.2. The Bertz CT molecular complexity index is 711. The zero-order chi connectivity index (χ0) is 14.8. The van der Waals surface area contributed by atoms with Gasteiger partial charge in [0, 0.05) is 0 Å². The van der Waals surface area contributed by atoms with Gasteiger partial charge < -0.3 is 15.9 Å². The number of phenolic OH excluding ortho intramolecular Hbond substituents is 2. The lowest BCUT2D eigenvalue weighted by Gasteiger charge is -2.10. The Morgan fingerprint density at radius 1 is 1.05 bits per heavy atom. The smallest absolute Gasteiger partial charge is 0.210 e. The predicted octanol–water partition coefficient (Wildman–Crippen LogP) is 1.43. The van der Waals surface area contributed by atoms with Crippen molar-refractivity contribution in [2.45, 2.75) is 16.2 Å². The Morgan fingerprint density at radius 2 is 1.70 bits per heavy atom. The molecular formula is C14H15NO4S. The Hall–Kier alpha value is -2.05. The van der Waals surface area contributed by atoms with E-state index < -0.39 is 21.3 Å². The molecule has 0 aliphatic rings. The van der Waals surface area contributed by atoms with Gasteiger partial charge in [-0.15, -0.1) is 0 Å². The Balaban J connectivity index is 2.63. The first-order valence-electron chi connectivity index (χ1n) is 6.02. The van der Waals surface area contributed by atoms with E-state index in [1.54, 1.807) is 18.2 Å². The van der Waals surface area contributed by atoms with E-state index in [1.165, 1.54) is 24.3 Å². The largest absolute Gasteiger partial charge is 0.504 e. The van der Waals surface area contributed by atoms with Gasteiger partial charge in [0.15, 0.2) is 11.5 Å². The summed E-state index contributed by atoms with van der Waals surface area (Å²) in [6.07, 6.45) is 0.408. The SMILES string of the molecule is NCCc1cc(O)c(O)c(S(=O)(=O)c2ccccc2)c1. The van der Waals surface area contributed by atoms with Crippen molar-refractivity contribution in [3.8, 4) is 11.5 Å². The minimum Gasteiger partial charge on any atom is -0.504 e. The third kappa shape index (κ3) is 2.61. The lowest BCUT2D eigenvalue weighted by atomic mass is 10.1. The van der Waals surface area contributed by atoms with Gasteiger partial charge >= 0.3 is 0 Å². The Kier molecular flexibility index (Phi) is 3.96. The van der Waals surface area contributed by atoms with Gasteiger partial charge in [-0.1, -0.05) is 18.2 Å². The maximum Gasteiger partial charge on any atom is 0.210 e. The molecule has 0 unspecified atom stereocenters. The second kappa shape index (κ2) is 5.52. The van der Waals surface area contributed by atoms with Gasteiger partial charge in [0.25, 0.3) is 0 Å². The van der Waals surface area contributed by atoms with Crippen LogP contribution in [0, 0.1) is 0 Å². The Morgan fingerprint density at radius 3 is 2.30 bits per heavy atom. The molecule has 20 heavy (non-hydrogen) atoms. The summed E-state index contributed by atoms with van der Waals surface area (Å²) in [5.74, 6) is -1.11. The average molecular weight is 293 g/mol. The van der Waals surface area contributed by atoms with Crippen molar-refractivity contribution >= 4 is 9.84 Å².